The van der Waals surface area contributed by atoms with Gasteiger partial charge in [-0.2, -0.15) is 4.98 Å². The molecule has 0 bridgehead atoms. The molecule has 0 unspecified atom stereocenters. The first-order valence-corrected chi connectivity index (χ1v) is 8.43. The zero-order valence-corrected chi connectivity index (χ0v) is 15.8. The van der Waals surface area contributed by atoms with E-state index in [9.17, 15) is 4.79 Å². The van der Waals surface area contributed by atoms with Gasteiger partial charge in [0, 0.05) is 11.6 Å². The number of rotatable bonds is 5. The molecule has 1 amide bonds. The predicted octanol–water partition coefficient (Wildman–Crippen LogP) is 4.37. The topological polar surface area (TPSA) is 76.1 Å². The molecule has 2 N–H and O–H groups in total. The Bertz CT molecular complexity index is 729. The summed E-state index contributed by atoms with van der Waals surface area (Å²) in [5, 5.41) is 5.98. The second-order valence-corrected chi connectivity index (χ2v) is 7.00. The van der Waals surface area contributed by atoms with Crippen molar-refractivity contribution in [1.82, 2.24) is 9.97 Å². The first-order chi connectivity index (χ1) is 11.3. The van der Waals surface area contributed by atoms with Crippen molar-refractivity contribution in [1.29, 1.82) is 0 Å². The van der Waals surface area contributed by atoms with Crippen LogP contribution in [0.5, 0.6) is 5.88 Å². The first-order valence-electron chi connectivity index (χ1n) is 7.64. The Kier molecular flexibility index (Phi) is 5.77. The fourth-order valence-corrected chi connectivity index (χ4v) is 2.11. The van der Waals surface area contributed by atoms with Crippen molar-refractivity contribution in [2.45, 2.75) is 27.7 Å². The highest BCUT2D eigenvalue weighted by Gasteiger charge is 2.23. The molecule has 0 aliphatic carbocycles. The molecular weight excluding hydrogens is 372 g/mol. The van der Waals surface area contributed by atoms with Crippen molar-refractivity contribution in [2.75, 3.05) is 17.2 Å². The molecule has 0 saturated carbocycles. The number of aromatic nitrogens is 2. The lowest BCUT2D eigenvalue weighted by Gasteiger charge is -2.19. The largest absolute Gasteiger partial charge is 0.476 e. The zero-order valence-electron chi connectivity index (χ0n) is 14.2. The second-order valence-electron chi connectivity index (χ2n) is 6.15. The summed E-state index contributed by atoms with van der Waals surface area (Å²) in [7, 11) is 0. The van der Waals surface area contributed by atoms with Gasteiger partial charge in [-0.05, 0) is 47.1 Å². The van der Waals surface area contributed by atoms with Crippen molar-refractivity contribution >= 4 is 39.2 Å². The van der Waals surface area contributed by atoms with Gasteiger partial charge in [-0.25, -0.2) is 4.98 Å². The van der Waals surface area contributed by atoms with Crippen LogP contribution in [0.15, 0.2) is 34.9 Å². The van der Waals surface area contributed by atoms with Crippen LogP contribution >= 0.6 is 15.9 Å². The number of carbonyl (C=O) groups is 1. The molecule has 0 spiro atoms. The van der Waals surface area contributed by atoms with Crippen LogP contribution in [0.25, 0.3) is 0 Å². The van der Waals surface area contributed by atoms with E-state index in [1.807, 2.05) is 39.8 Å². The molecule has 6 nitrogen and oxygen atoms in total. The monoisotopic (exact) mass is 392 g/mol. The second kappa shape index (κ2) is 7.61. The van der Waals surface area contributed by atoms with E-state index in [-0.39, 0.29) is 5.91 Å². The van der Waals surface area contributed by atoms with Crippen molar-refractivity contribution in [3.05, 3.63) is 34.9 Å². The quantitative estimate of drug-likeness (QED) is 0.789. The normalized spacial score (nSPS) is 11.0. The number of hydrogen-bond donors (Lipinski definition) is 2. The minimum absolute atomic E-state index is 0.0987. The number of nitrogens with one attached hydrogen (secondary N) is 2. The first kappa shape index (κ1) is 18.2. The van der Waals surface area contributed by atoms with E-state index in [0.29, 0.717) is 29.8 Å². The molecule has 2 heterocycles. The zero-order chi connectivity index (χ0) is 17.7. The van der Waals surface area contributed by atoms with Gasteiger partial charge in [-0.1, -0.05) is 20.8 Å². The number of hydrogen-bond acceptors (Lipinski definition) is 5. The number of nitrogens with zero attached hydrogens (tertiary/aromatic N) is 2. The van der Waals surface area contributed by atoms with Gasteiger partial charge < -0.3 is 15.4 Å². The van der Waals surface area contributed by atoms with Crippen LogP contribution in [0.4, 0.5) is 17.3 Å². The summed E-state index contributed by atoms with van der Waals surface area (Å²) in [5.74, 6) is 1.50. The maximum Gasteiger partial charge on any atom is 0.239 e. The molecule has 0 aliphatic rings. The Morgan fingerprint density at radius 1 is 1.29 bits per heavy atom. The van der Waals surface area contributed by atoms with Gasteiger partial charge in [0.15, 0.2) is 0 Å². The molecule has 24 heavy (non-hydrogen) atoms. The van der Waals surface area contributed by atoms with Crippen LogP contribution in [0.2, 0.25) is 0 Å². The van der Waals surface area contributed by atoms with Gasteiger partial charge in [0.25, 0.3) is 0 Å². The van der Waals surface area contributed by atoms with E-state index < -0.39 is 5.41 Å². The summed E-state index contributed by atoms with van der Waals surface area (Å²) >= 11 is 3.43. The van der Waals surface area contributed by atoms with Gasteiger partial charge >= 0.3 is 0 Å². The van der Waals surface area contributed by atoms with Gasteiger partial charge in [0.1, 0.15) is 17.3 Å². The number of ether oxygens (including phenoxy) is 1. The minimum Gasteiger partial charge on any atom is -0.476 e. The highest BCUT2D eigenvalue weighted by atomic mass is 79.9. The predicted molar refractivity (Wildman–Crippen MR) is 98.7 cm³/mol. The smallest absolute Gasteiger partial charge is 0.239 e. The molecule has 0 aromatic carbocycles. The standard InChI is InChI=1S/C17H21BrN4O2/c1-5-24-15-12(20-16(23)17(2,3)4)8-9-13(22-15)21-14-11(18)7-6-10-19-14/h6-10H,5H2,1-4H3,(H,20,23)(H,19,21,22). The number of anilines is 3. The van der Waals surface area contributed by atoms with Crippen molar-refractivity contribution < 1.29 is 9.53 Å². The maximum atomic E-state index is 12.2. The fraction of sp³-hybridized carbons (Fsp3) is 0.353. The summed E-state index contributed by atoms with van der Waals surface area (Å²) in [6, 6.07) is 7.25. The van der Waals surface area contributed by atoms with Crippen LogP contribution in [0.3, 0.4) is 0 Å². The third-order valence-corrected chi connectivity index (χ3v) is 3.72. The maximum absolute atomic E-state index is 12.2. The number of pyridine rings is 2. The lowest BCUT2D eigenvalue weighted by molar-refractivity contribution is -0.123. The fourth-order valence-electron chi connectivity index (χ4n) is 1.76. The molecule has 128 valence electrons. The third kappa shape index (κ3) is 4.67. The Morgan fingerprint density at radius 2 is 2.04 bits per heavy atom. The van der Waals surface area contributed by atoms with E-state index >= 15 is 0 Å². The SMILES string of the molecule is CCOc1nc(Nc2ncccc2Br)ccc1NC(=O)C(C)(C)C. The Balaban J connectivity index is 2.26. The van der Waals surface area contributed by atoms with Gasteiger partial charge in [-0.3, -0.25) is 4.79 Å². The van der Waals surface area contributed by atoms with E-state index in [4.69, 9.17) is 4.74 Å². The summed E-state index contributed by atoms with van der Waals surface area (Å²) < 4.78 is 6.39. The van der Waals surface area contributed by atoms with E-state index in [1.165, 1.54) is 0 Å². The lowest BCUT2D eigenvalue weighted by Crippen LogP contribution is -2.28. The van der Waals surface area contributed by atoms with E-state index in [2.05, 4.69) is 36.5 Å². The van der Waals surface area contributed by atoms with Crippen molar-refractivity contribution in [3.8, 4) is 5.88 Å². The molecule has 0 aliphatic heterocycles. The number of amides is 1. The average molecular weight is 393 g/mol. The van der Waals surface area contributed by atoms with Crippen molar-refractivity contribution in [3.63, 3.8) is 0 Å². The number of carbonyl (C=O) groups excluding carboxylic acids is 1. The van der Waals surface area contributed by atoms with Crippen molar-refractivity contribution in [2.24, 2.45) is 5.41 Å². The number of halogens is 1. The molecule has 0 atom stereocenters. The summed E-state index contributed by atoms with van der Waals surface area (Å²) in [6.07, 6.45) is 1.69. The Labute approximate surface area is 150 Å². The molecule has 7 heteroatoms. The van der Waals surface area contributed by atoms with Gasteiger partial charge in [0.2, 0.25) is 11.8 Å². The van der Waals surface area contributed by atoms with Crippen LogP contribution in [-0.4, -0.2) is 22.5 Å². The van der Waals surface area contributed by atoms with Crippen LogP contribution < -0.4 is 15.4 Å². The van der Waals surface area contributed by atoms with Gasteiger partial charge in [0.05, 0.1) is 11.1 Å². The molecule has 2 aromatic rings. The highest BCUT2D eigenvalue weighted by molar-refractivity contribution is 9.10. The van der Waals surface area contributed by atoms with Crippen LogP contribution in [0.1, 0.15) is 27.7 Å². The molecular formula is C17H21BrN4O2. The summed E-state index contributed by atoms with van der Waals surface area (Å²) in [6.45, 7) is 7.87. The summed E-state index contributed by atoms with van der Waals surface area (Å²) in [4.78, 5) is 20.9. The Morgan fingerprint density at radius 3 is 2.67 bits per heavy atom. The average Bonchev–Trinajstić information content (AvgIpc) is 2.51. The van der Waals surface area contributed by atoms with Crippen LogP contribution in [-0.2, 0) is 4.79 Å². The molecule has 0 radical (unpaired) electrons. The van der Waals surface area contributed by atoms with E-state index in [1.54, 1.807) is 18.3 Å². The molecule has 2 rings (SSSR count). The molecule has 2 aromatic heterocycles. The minimum atomic E-state index is -0.501. The molecule has 0 fully saturated rings. The van der Waals surface area contributed by atoms with E-state index in [0.717, 1.165) is 4.47 Å². The summed E-state index contributed by atoms with van der Waals surface area (Å²) in [5.41, 5.74) is 0.0431. The van der Waals surface area contributed by atoms with Gasteiger partial charge in [-0.15, -0.1) is 0 Å². The van der Waals surface area contributed by atoms with Crippen LogP contribution in [0, 0.1) is 5.41 Å². The lowest BCUT2D eigenvalue weighted by atomic mass is 9.95. The third-order valence-electron chi connectivity index (χ3n) is 3.08. The highest BCUT2D eigenvalue weighted by Crippen LogP contribution is 2.29. The molecule has 0 saturated heterocycles. The Hall–Kier alpha value is -2.15.